The third-order valence-electron chi connectivity index (χ3n) is 1.76. The first-order chi connectivity index (χ1) is 5.83. The summed E-state index contributed by atoms with van der Waals surface area (Å²) >= 11 is 1.76. The van der Waals surface area contributed by atoms with E-state index >= 15 is 0 Å². The van der Waals surface area contributed by atoms with Crippen molar-refractivity contribution in [3.63, 3.8) is 0 Å². The van der Waals surface area contributed by atoms with E-state index in [0.29, 0.717) is 6.04 Å². The molecule has 1 rings (SSSR count). The maximum Gasteiger partial charge on any atom is 0.165 e. The lowest BCUT2D eigenvalue weighted by atomic mass is 10.3. The van der Waals surface area contributed by atoms with E-state index in [-0.39, 0.29) is 0 Å². The van der Waals surface area contributed by atoms with Gasteiger partial charge in [-0.15, -0.1) is 0 Å². The lowest BCUT2D eigenvalue weighted by molar-refractivity contribution is 0.597. The van der Waals surface area contributed by atoms with Gasteiger partial charge >= 0.3 is 0 Å². The summed E-state index contributed by atoms with van der Waals surface area (Å²) in [6, 6.07) is 0.590. The molecule has 0 saturated heterocycles. The summed E-state index contributed by atoms with van der Waals surface area (Å²) in [7, 11) is 1.99. The Morgan fingerprint density at radius 3 is 3.17 bits per heavy atom. The predicted molar refractivity (Wildman–Crippen MR) is 52.5 cm³/mol. The molecule has 1 aromatic rings. The van der Waals surface area contributed by atoms with Crippen molar-refractivity contribution in [3.05, 3.63) is 12.4 Å². The first-order valence-corrected chi connectivity index (χ1v) is 5.11. The van der Waals surface area contributed by atoms with Gasteiger partial charge in [0.25, 0.3) is 0 Å². The normalized spacial score (nSPS) is 13.2. The number of nitrogens with one attached hydrogen (secondary N) is 2. The Labute approximate surface area is 77.4 Å². The van der Waals surface area contributed by atoms with Gasteiger partial charge in [0.15, 0.2) is 5.16 Å². The monoisotopic (exact) mass is 185 g/mol. The van der Waals surface area contributed by atoms with Crippen LogP contribution in [0.4, 0.5) is 0 Å². The molecular formula is C8H15N3S. The molecule has 12 heavy (non-hydrogen) atoms. The summed E-state index contributed by atoms with van der Waals surface area (Å²) in [5, 5.41) is 4.21. The molecule has 4 heteroatoms. The molecule has 0 aromatic carbocycles. The largest absolute Gasteiger partial charge is 0.340 e. The molecule has 0 saturated carbocycles. The maximum atomic E-state index is 4.13. The number of H-pyrrole nitrogens is 1. The number of aromatic amines is 1. The van der Waals surface area contributed by atoms with Crippen LogP contribution >= 0.6 is 11.8 Å². The summed E-state index contributed by atoms with van der Waals surface area (Å²) in [6.07, 6.45) is 4.80. The van der Waals surface area contributed by atoms with Crippen molar-refractivity contribution in [3.8, 4) is 0 Å². The maximum absolute atomic E-state index is 4.13. The quantitative estimate of drug-likeness (QED) is 0.683. The zero-order chi connectivity index (χ0) is 8.81. The Bertz CT molecular complexity index is 198. The van der Waals surface area contributed by atoms with E-state index in [9.17, 15) is 0 Å². The van der Waals surface area contributed by atoms with Gasteiger partial charge in [-0.25, -0.2) is 4.98 Å². The summed E-state index contributed by atoms with van der Waals surface area (Å²) in [6.45, 7) is 2.18. The molecule has 0 aliphatic carbocycles. The van der Waals surface area contributed by atoms with Crippen molar-refractivity contribution < 1.29 is 0 Å². The van der Waals surface area contributed by atoms with E-state index in [0.717, 1.165) is 10.9 Å². The minimum absolute atomic E-state index is 0.590. The topological polar surface area (TPSA) is 40.7 Å². The van der Waals surface area contributed by atoms with Gasteiger partial charge in [0.1, 0.15) is 0 Å². The molecule has 0 aliphatic rings. The summed E-state index contributed by atoms with van der Waals surface area (Å²) < 4.78 is 0. The van der Waals surface area contributed by atoms with Crippen LogP contribution in [0.5, 0.6) is 0 Å². The number of hydrogen-bond acceptors (Lipinski definition) is 3. The third-order valence-corrected chi connectivity index (χ3v) is 2.69. The predicted octanol–water partition coefficient (Wildman–Crippen LogP) is 1.50. The van der Waals surface area contributed by atoms with Crippen LogP contribution in [-0.4, -0.2) is 28.8 Å². The Balaban J connectivity index is 2.11. The van der Waals surface area contributed by atoms with Gasteiger partial charge in [-0.3, -0.25) is 0 Å². The van der Waals surface area contributed by atoms with Crippen molar-refractivity contribution in [1.82, 2.24) is 15.3 Å². The van der Waals surface area contributed by atoms with Gasteiger partial charge in [0, 0.05) is 24.2 Å². The van der Waals surface area contributed by atoms with Crippen molar-refractivity contribution in [2.75, 3.05) is 12.8 Å². The average Bonchev–Trinajstić information content (AvgIpc) is 2.57. The van der Waals surface area contributed by atoms with Gasteiger partial charge < -0.3 is 10.3 Å². The van der Waals surface area contributed by atoms with Crippen LogP contribution in [0.25, 0.3) is 0 Å². The summed E-state index contributed by atoms with van der Waals surface area (Å²) in [5.74, 6) is 1.11. The van der Waals surface area contributed by atoms with E-state index in [1.807, 2.05) is 13.2 Å². The Hall–Kier alpha value is -0.480. The number of imidazole rings is 1. The van der Waals surface area contributed by atoms with Crippen molar-refractivity contribution in [2.45, 2.75) is 24.5 Å². The Morgan fingerprint density at radius 1 is 1.75 bits per heavy atom. The van der Waals surface area contributed by atoms with Crippen LogP contribution in [0, 0.1) is 0 Å². The van der Waals surface area contributed by atoms with Gasteiger partial charge in [-0.2, -0.15) is 0 Å². The fourth-order valence-electron chi connectivity index (χ4n) is 0.806. The first-order valence-electron chi connectivity index (χ1n) is 4.12. The van der Waals surface area contributed by atoms with Gasteiger partial charge in [-0.05, 0) is 20.4 Å². The molecule has 1 atom stereocenters. The van der Waals surface area contributed by atoms with Gasteiger partial charge in [0.05, 0.1) is 0 Å². The Kier molecular flexibility index (Phi) is 4.18. The van der Waals surface area contributed by atoms with E-state index < -0.39 is 0 Å². The average molecular weight is 185 g/mol. The van der Waals surface area contributed by atoms with Crippen LogP contribution in [0.1, 0.15) is 13.3 Å². The second-order valence-corrected chi connectivity index (χ2v) is 3.80. The van der Waals surface area contributed by atoms with E-state index in [1.54, 1.807) is 18.0 Å². The molecule has 0 fully saturated rings. The highest BCUT2D eigenvalue weighted by molar-refractivity contribution is 7.99. The minimum Gasteiger partial charge on any atom is -0.340 e. The number of hydrogen-bond donors (Lipinski definition) is 2. The highest BCUT2D eigenvalue weighted by Crippen LogP contribution is 2.13. The highest BCUT2D eigenvalue weighted by atomic mass is 32.2. The molecule has 0 amide bonds. The summed E-state index contributed by atoms with van der Waals surface area (Å²) in [5.41, 5.74) is 0. The smallest absolute Gasteiger partial charge is 0.165 e. The van der Waals surface area contributed by atoms with Gasteiger partial charge in [-0.1, -0.05) is 11.8 Å². The Morgan fingerprint density at radius 2 is 2.58 bits per heavy atom. The fourth-order valence-corrected chi connectivity index (χ4v) is 1.76. The van der Waals surface area contributed by atoms with Crippen LogP contribution < -0.4 is 5.32 Å². The second-order valence-electron chi connectivity index (χ2n) is 2.72. The molecule has 0 aliphatic heterocycles. The summed E-state index contributed by atoms with van der Waals surface area (Å²) in [4.78, 5) is 7.19. The fraction of sp³-hybridized carbons (Fsp3) is 0.625. The van der Waals surface area contributed by atoms with E-state index in [4.69, 9.17) is 0 Å². The molecule has 1 unspecified atom stereocenters. The second kappa shape index (κ2) is 5.22. The number of aromatic nitrogens is 2. The first kappa shape index (κ1) is 9.61. The van der Waals surface area contributed by atoms with Crippen LogP contribution in [0.2, 0.25) is 0 Å². The third kappa shape index (κ3) is 3.28. The molecule has 0 radical (unpaired) electrons. The van der Waals surface area contributed by atoms with Crippen molar-refractivity contribution >= 4 is 11.8 Å². The number of thioether (sulfide) groups is 1. The van der Waals surface area contributed by atoms with E-state index in [2.05, 4.69) is 22.2 Å². The van der Waals surface area contributed by atoms with Crippen LogP contribution in [0.15, 0.2) is 17.6 Å². The molecule has 2 N–H and O–H groups in total. The molecule has 1 heterocycles. The SMILES string of the molecule is CNC(C)CCSc1ncc[nH]1. The van der Waals surface area contributed by atoms with Gasteiger partial charge in [0.2, 0.25) is 0 Å². The molecular weight excluding hydrogens is 170 g/mol. The molecule has 3 nitrogen and oxygen atoms in total. The lowest BCUT2D eigenvalue weighted by Gasteiger charge is -2.07. The lowest BCUT2D eigenvalue weighted by Crippen LogP contribution is -2.21. The zero-order valence-electron chi connectivity index (χ0n) is 7.50. The molecule has 68 valence electrons. The standard InChI is InChI=1S/C8H15N3S/c1-7(9-2)3-6-12-8-10-4-5-11-8/h4-5,7,9H,3,6H2,1-2H3,(H,10,11). The van der Waals surface area contributed by atoms with Crippen molar-refractivity contribution in [1.29, 1.82) is 0 Å². The number of nitrogens with zero attached hydrogens (tertiary/aromatic N) is 1. The molecule has 0 spiro atoms. The van der Waals surface area contributed by atoms with Crippen molar-refractivity contribution in [2.24, 2.45) is 0 Å². The molecule has 0 bridgehead atoms. The minimum atomic E-state index is 0.590. The number of rotatable bonds is 5. The van der Waals surface area contributed by atoms with Crippen LogP contribution in [0.3, 0.4) is 0 Å². The molecule has 1 aromatic heterocycles. The van der Waals surface area contributed by atoms with E-state index in [1.165, 1.54) is 6.42 Å². The highest BCUT2D eigenvalue weighted by Gasteiger charge is 1.99. The van der Waals surface area contributed by atoms with Crippen LogP contribution in [-0.2, 0) is 0 Å². The zero-order valence-corrected chi connectivity index (χ0v) is 8.32.